The number of likely N-dealkylation sites (N-methyl/N-ethyl adjacent to an activating group) is 1. The molecule has 5 heteroatoms. The molecule has 0 radical (unpaired) electrons. The molecule has 0 amide bonds. The third-order valence-electron chi connectivity index (χ3n) is 5.99. The monoisotopic (exact) mass is 409 g/mol. The Balaban J connectivity index is 1.51. The van der Waals surface area contributed by atoms with Gasteiger partial charge >= 0.3 is 0 Å². The summed E-state index contributed by atoms with van der Waals surface area (Å²) in [6.07, 6.45) is 6.85. The minimum atomic E-state index is 0.148. The van der Waals surface area contributed by atoms with Crippen LogP contribution in [0.4, 0.5) is 0 Å². The molecule has 29 heavy (non-hydrogen) atoms. The molecule has 0 fully saturated rings. The molecule has 154 valence electrons. The van der Waals surface area contributed by atoms with E-state index in [-0.39, 0.29) is 5.56 Å². The van der Waals surface area contributed by atoms with Crippen LogP contribution in [-0.4, -0.2) is 34.1 Å². The second-order valence-corrected chi connectivity index (χ2v) is 9.83. The molecule has 0 saturated carbocycles. The molecule has 0 saturated heterocycles. The zero-order valence-corrected chi connectivity index (χ0v) is 18.5. The first-order chi connectivity index (χ1) is 14.0. The highest BCUT2D eigenvalue weighted by molar-refractivity contribution is 7.18. The van der Waals surface area contributed by atoms with Gasteiger partial charge in [0.2, 0.25) is 0 Å². The summed E-state index contributed by atoms with van der Waals surface area (Å²) in [5, 5.41) is 0.886. The normalized spacial score (nSPS) is 16.7. The zero-order chi connectivity index (χ0) is 20.4. The molecular formula is C24H31N3OS. The number of aryl methyl sites for hydroxylation is 3. The van der Waals surface area contributed by atoms with E-state index in [1.165, 1.54) is 16.0 Å². The molecule has 1 unspecified atom stereocenters. The molecule has 0 bridgehead atoms. The number of benzene rings is 1. The lowest BCUT2D eigenvalue weighted by molar-refractivity contribution is 0.201. The highest BCUT2D eigenvalue weighted by atomic mass is 32.1. The molecule has 0 spiro atoms. The van der Waals surface area contributed by atoms with E-state index in [2.05, 4.69) is 55.0 Å². The fraction of sp³-hybridized carbons (Fsp3) is 0.500. The molecule has 1 aliphatic rings. The number of fused-ring (bicyclic) bond motifs is 3. The zero-order valence-electron chi connectivity index (χ0n) is 17.7. The molecule has 2 heterocycles. The average molecular weight is 410 g/mol. The first-order valence-corrected chi connectivity index (χ1v) is 11.6. The Bertz CT molecular complexity index is 1020. The molecule has 0 N–H and O–H groups in total. The Morgan fingerprint density at radius 1 is 1.28 bits per heavy atom. The van der Waals surface area contributed by atoms with Gasteiger partial charge in [-0.1, -0.05) is 44.2 Å². The van der Waals surface area contributed by atoms with Gasteiger partial charge in [-0.15, -0.1) is 11.3 Å². The topological polar surface area (TPSA) is 38.1 Å². The quantitative estimate of drug-likeness (QED) is 0.575. The lowest BCUT2D eigenvalue weighted by Crippen LogP contribution is -2.38. The second-order valence-electron chi connectivity index (χ2n) is 8.75. The number of aromatic nitrogens is 2. The third-order valence-corrected chi connectivity index (χ3v) is 7.16. The van der Waals surface area contributed by atoms with E-state index in [1.807, 2.05) is 10.6 Å². The van der Waals surface area contributed by atoms with Gasteiger partial charge < -0.3 is 4.90 Å². The fourth-order valence-electron chi connectivity index (χ4n) is 4.54. The van der Waals surface area contributed by atoms with Crippen molar-refractivity contribution in [1.29, 1.82) is 0 Å². The molecule has 0 aliphatic heterocycles. The van der Waals surface area contributed by atoms with E-state index in [0.29, 0.717) is 12.0 Å². The van der Waals surface area contributed by atoms with E-state index >= 15 is 0 Å². The van der Waals surface area contributed by atoms with Crippen LogP contribution in [0.15, 0.2) is 41.5 Å². The van der Waals surface area contributed by atoms with E-state index < -0.39 is 0 Å². The Kier molecular flexibility index (Phi) is 6.16. The summed E-state index contributed by atoms with van der Waals surface area (Å²) < 4.78 is 1.81. The predicted molar refractivity (Wildman–Crippen MR) is 122 cm³/mol. The highest BCUT2D eigenvalue weighted by Crippen LogP contribution is 2.35. The van der Waals surface area contributed by atoms with Crippen LogP contribution in [0.5, 0.6) is 0 Å². The molecular weight excluding hydrogens is 378 g/mol. The number of nitrogens with zero attached hydrogens (tertiary/aromatic N) is 3. The molecule has 1 atom stereocenters. The van der Waals surface area contributed by atoms with Crippen LogP contribution in [0.2, 0.25) is 0 Å². The van der Waals surface area contributed by atoms with Crippen molar-refractivity contribution in [2.75, 3.05) is 13.6 Å². The van der Waals surface area contributed by atoms with Crippen molar-refractivity contribution in [2.24, 2.45) is 5.92 Å². The highest BCUT2D eigenvalue weighted by Gasteiger charge is 2.27. The SMILES string of the molecule is CC(C)CN(C)C1CCc2c(sc3ncn(CCCc4ccccc4)c(=O)c23)C1. The van der Waals surface area contributed by atoms with Crippen molar-refractivity contribution in [1.82, 2.24) is 14.5 Å². The van der Waals surface area contributed by atoms with E-state index in [9.17, 15) is 4.79 Å². The number of thiophene rings is 1. The molecule has 1 aromatic carbocycles. The van der Waals surface area contributed by atoms with Crippen LogP contribution in [0, 0.1) is 5.92 Å². The molecule has 4 rings (SSSR count). The molecule has 3 aromatic rings. The first-order valence-electron chi connectivity index (χ1n) is 10.8. The van der Waals surface area contributed by atoms with Gasteiger partial charge in [0.25, 0.3) is 5.56 Å². The number of rotatable bonds is 7. The summed E-state index contributed by atoms with van der Waals surface area (Å²) in [5.74, 6) is 0.675. The predicted octanol–water partition coefficient (Wildman–Crippen LogP) is 4.54. The van der Waals surface area contributed by atoms with Gasteiger partial charge in [0.05, 0.1) is 11.7 Å². The lowest BCUT2D eigenvalue weighted by Gasteiger charge is -2.32. The summed E-state index contributed by atoms with van der Waals surface area (Å²) in [7, 11) is 2.24. The summed E-state index contributed by atoms with van der Waals surface area (Å²) in [6, 6.07) is 11.0. The van der Waals surface area contributed by atoms with E-state index in [4.69, 9.17) is 0 Å². The number of hydrogen-bond acceptors (Lipinski definition) is 4. The van der Waals surface area contributed by atoms with Gasteiger partial charge in [-0.3, -0.25) is 9.36 Å². The Morgan fingerprint density at radius 3 is 2.83 bits per heavy atom. The fourth-order valence-corrected chi connectivity index (χ4v) is 5.79. The molecule has 1 aliphatic carbocycles. The Morgan fingerprint density at radius 2 is 2.07 bits per heavy atom. The molecule has 4 nitrogen and oxygen atoms in total. The van der Waals surface area contributed by atoms with Crippen LogP contribution >= 0.6 is 11.3 Å². The van der Waals surface area contributed by atoms with Crippen molar-refractivity contribution >= 4 is 21.6 Å². The van der Waals surface area contributed by atoms with Crippen LogP contribution in [0.25, 0.3) is 10.2 Å². The van der Waals surface area contributed by atoms with Crippen molar-refractivity contribution in [3.05, 3.63) is 63.0 Å². The first kappa shape index (κ1) is 20.3. The van der Waals surface area contributed by atoms with Gasteiger partial charge in [0.1, 0.15) is 4.83 Å². The molecule has 2 aromatic heterocycles. The van der Waals surface area contributed by atoms with Gasteiger partial charge in [0.15, 0.2) is 0 Å². The van der Waals surface area contributed by atoms with Crippen LogP contribution < -0.4 is 5.56 Å². The standard InChI is InChI=1S/C24H31N3OS/c1-17(2)15-26(3)19-11-12-20-21(14-19)29-23-22(20)24(28)27(16-25-23)13-7-10-18-8-5-4-6-9-18/h4-6,8-9,16-17,19H,7,10-15H2,1-3H3. The third kappa shape index (κ3) is 4.46. The smallest absolute Gasteiger partial charge is 0.262 e. The second kappa shape index (κ2) is 8.80. The maximum atomic E-state index is 13.2. The van der Waals surface area contributed by atoms with Crippen molar-refractivity contribution < 1.29 is 0 Å². The Hall–Kier alpha value is -1.98. The van der Waals surface area contributed by atoms with Crippen molar-refractivity contribution in [3.63, 3.8) is 0 Å². The van der Waals surface area contributed by atoms with Gasteiger partial charge in [0, 0.05) is 24.0 Å². The van der Waals surface area contributed by atoms with Gasteiger partial charge in [-0.2, -0.15) is 0 Å². The number of hydrogen-bond donors (Lipinski definition) is 0. The van der Waals surface area contributed by atoms with Gasteiger partial charge in [-0.25, -0.2) is 4.98 Å². The Labute approximate surface area is 177 Å². The summed E-state index contributed by atoms with van der Waals surface area (Å²) in [5.41, 5.74) is 2.74. The van der Waals surface area contributed by atoms with E-state index in [1.54, 1.807) is 17.7 Å². The largest absolute Gasteiger partial charge is 0.303 e. The minimum Gasteiger partial charge on any atom is -0.303 e. The summed E-state index contributed by atoms with van der Waals surface area (Å²) >= 11 is 1.73. The average Bonchev–Trinajstić information content (AvgIpc) is 3.08. The maximum Gasteiger partial charge on any atom is 0.262 e. The van der Waals surface area contributed by atoms with Gasteiger partial charge in [-0.05, 0) is 56.2 Å². The van der Waals surface area contributed by atoms with Crippen molar-refractivity contribution in [2.45, 2.75) is 58.5 Å². The van der Waals surface area contributed by atoms with Crippen molar-refractivity contribution in [3.8, 4) is 0 Å². The summed E-state index contributed by atoms with van der Waals surface area (Å²) in [6.45, 7) is 6.39. The van der Waals surface area contributed by atoms with Crippen LogP contribution in [0.1, 0.15) is 42.7 Å². The van der Waals surface area contributed by atoms with Crippen LogP contribution in [-0.2, 0) is 25.8 Å². The van der Waals surface area contributed by atoms with E-state index in [0.717, 1.165) is 55.4 Å². The lowest BCUT2D eigenvalue weighted by atomic mass is 9.92. The maximum absolute atomic E-state index is 13.2. The van der Waals surface area contributed by atoms with Crippen LogP contribution in [0.3, 0.4) is 0 Å². The summed E-state index contributed by atoms with van der Waals surface area (Å²) in [4.78, 5) is 22.6. The minimum absolute atomic E-state index is 0.148.